The van der Waals surface area contributed by atoms with Crippen molar-refractivity contribution in [3.8, 4) is 0 Å². The molecule has 156 valence electrons. The van der Waals surface area contributed by atoms with Crippen LogP contribution < -0.4 is 5.32 Å². The fraction of sp³-hybridized carbons (Fsp3) is 0.333. The maximum atomic E-state index is 13.0. The quantitative estimate of drug-likeness (QED) is 0.638. The molecular formula is C18H18Cl2N2O5S2. The average Bonchev–Trinajstić information content (AvgIpc) is 3.32. The van der Waals surface area contributed by atoms with Gasteiger partial charge in [-0.2, -0.15) is 4.31 Å². The van der Waals surface area contributed by atoms with Crippen molar-refractivity contribution in [2.24, 2.45) is 0 Å². The highest BCUT2D eigenvalue weighted by Gasteiger charge is 2.40. The van der Waals surface area contributed by atoms with Crippen molar-refractivity contribution < 1.29 is 23.1 Å². The van der Waals surface area contributed by atoms with Crippen molar-refractivity contribution in [1.29, 1.82) is 0 Å². The van der Waals surface area contributed by atoms with Crippen molar-refractivity contribution in [1.82, 2.24) is 9.62 Å². The van der Waals surface area contributed by atoms with E-state index in [2.05, 4.69) is 5.32 Å². The number of hydrogen-bond donors (Lipinski definition) is 2. The summed E-state index contributed by atoms with van der Waals surface area (Å²) in [5.74, 6) is -1.82. The molecule has 3 rings (SSSR count). The van der Waals surface area contributed by atoms with Crippen molar-refractivity contribution in [2.75, 3.05) is 6.54 Å². The van der Waals surface area contributed by atoms with Crippen LogP contribution in [0.3, 0.4) is 0 Å². The number of amides is 1. The fourth-order valence-electron chi connectivity index (χ4n) is 3.20. The van der Waals surface area contributed by atoms with Gasteiger partial charge < -0.3 is 10.4 Å². The third kappa shape index (κ3) is 5.10. The number of rotatable bonds is 7. The fourth-order valence-corrected chi connectivity index (χ4v) is 6.34. The van der Waals surface area contributed by atoms with E-state index < -0.39 is 34.0 Å². The summed E-state index contributed by atoms with van der Waals surface area (Å²) >= 11 is 13.2. The molecule has 1 aliphatic heterocycles. The summed E-state index contributed by atoms with van der Waals surface area (Å²) in [4.78, 5) is 25.1. The van der Waals surface area contributed by atoms with Gasteiger partial charge in [-0.25, -0.2) is 13.2 Å². The van der Waals surface area contributed by atoms with Crippen LogP contribution in [0.1, 0.15) is 17.7 Å². The van der Waals surface area contributed by atoms with E-state index in [1.807, 2.05) is 5.38 Å². The lowest BCUT2D eigenvalue weighted by molar-refractivity contribution is -0.142. The Morgan fingerprint density at radius 3 is 2.55 bits per heavy atom. The van der Waals surface area contributed by atoms with Crippen LogP contribution in [-0.2, 0) is 26.0 Å². The van der Waals surface area contributed by atoms with Crippen molar-refractivity contribution in [2.45, 2.75) is 36.2 Å². The van der Waals surface area contributed by atoms with Crippen molar-refractivity contribution in [3.63, 3.8) is 0 Å². The molecule has 1 amide bonds. The van der Waals surface area contributed by atoms with Gasteiger partial charge in [-0.15, -0.1) is 11.3 Å². The summed E-state index contributed by atoms with van der Waals surface area (Å²) in [5.41, 5.74) is 0. The van der Waals surface area contributed by atoms with Gasteiger partial charge in [-0.05, 0) is 42.5 Å². The van der Waals surface area contributed by atoms with E-state index in [9.17, 15) is 23.1 Å². The lowest BCUT2D eigenvalue weighted by atomic mass is 10.1. The lowest BCUT2D eigenvalue weighted by Crippen LogP contribution is -2.51. The Balaban J connectivity index is 1.80. The number of carbonyl (C=O) groups excluding carboxylic acids is 1. The molecule has 0 radical (unpaired) electrons. The number of hydrogen-bond acceptors (Lipinski definition) is 5. The summed E-state index contributed by atoms with van der Waals surface area (Å²) in [6, 6.07) is 5.39. The van der Waals surface area contributed by atoms with Crippen LogP contribution in [0.5, 0.6) is 0 Å². The molecule has 2 N–H and O–H groups in total. The predicted molar refractivity (Wildman–Crippen MR) is 111 cm³/mol. The Morgan fingerprint density at radius 2 is 1.97 bits per heavy atom. The van der Waals surface area contributed by atoms with Crippen molar-refractivity contribution >= 4 is 56.4 Å². The Bertz CT molecular complexity index is 991. The second kappa shape index (κ2) is 9.01. The van der Waals surface area contributed by atoms with Crippen molar-refractivity contribution in [3.05, 3.63) is 50.6 Å². The summed E-state index contributed by atoms with van der Waals surface area (Å²) in [6.45, 7) is 0.146. The number of sulfonamides is 1. The second-order valence-electron chi connectivity index (χ2n) is 6.56. The summed E-state index contributed by atoms with van der Waals surface area (Å²) in [6.07, 6.45) is 0.904. The Hall–Kier alpha value is -1.65. The van der Waals surface area contributed by atoms with Crippen LogP contribution in [0.2, 0.25) is 10.0 Å². The van der Waals surface area contributed by atoms with E-state index in [4.69, 9.17) is 23.2 Å². The van der Waals surface area contributed by atoms with E-state index >= 15 is 0 Å². The van der Waals surface area contributed by atoms with E-state index in [1.165, 1.54) is 29.5 Å². The molecule has 0 saturated carbocycles. The zero-order chi connectivity index (χ0) is 21.2. The highest BCUT2D eigenvalue weighted by atomic mass is 35.5. The van der Waals surface area contributed by atoms with Crippen LogP contribution >= 0.6 is 34.5 Å². The number of benzene rings is 1. The number of carboxylic acid groups (broad SMARTS) is 1. The van der Waals surface area contributed by atoms with Gasteiger partial charge in [0.15, 0.2) is 0 Å². The SMILES string of the molecule is O=C(O)[C@H](Cc1cccs1)NC(=O)[C@@H]1CCCN1S(=O)(=O)c1cc(Cl)cc(Cl)c1. The molecular weight excluding hydrogens is 459 g/mol. The number of carboxylic acids is 1. The molecule has 1 saturated heterocycles. The standard InChI is InChI=1S/C18H18Cl2N2O5S2/c19-11-7-12(20)9-14(8-11)29(26,27)22-5-1-4-16(22)17(23)21-15(18(24)25)10-13-3-2-6-28-13/h2-3,6-9,15-16H,1,4-5,10H2,(H,21,23)(H,24,25)/t15-,16-/m0/s1. The van der Waals surface area contributed by atoms with Crippen LogP contribution in [0, 0.1) is 0 Å². The van der Waals surface area contributed by atoms with Crippen LogP contribution in [0.25, 0.3) is 0 Å². The summed E-state index contributed by atoms with van der Waals surface area (Å²) in [5, 5.41) is 14.1. The Kier molecular flexibility index (Phi) is 6.85. The van der Waals surface area contributed by atoms with Crippen LogP contribution in [0.15, 0.2) is 40.6 Å². The Morgan fingerprint density at radius 1 is 1.28 bits per heavy atom. The molecule has 7 nitrogen and oxygen atoms in total. The second-order valence-corrected chi connectivity index (χ2v) is 10.4. The molecule has 1 aliphatic rings. The minimum Gasteiger partial charge on any atom is -0.480 e. The van der Waals surface area contributed by atoms with Gasteiger partial charge >= 0.3 is 5.97 Å². The molecule has 0 aliphatic carbocycles. The molecule has 0 bridgehead atoms. The van der Waals surface area contributed by atoms with E-state index in [1.54, 1.807) is 12.1 Å². The first-order valence-corrected chi connectivity index (χ1v) is 11.8. The van der Waals surface area contributed by atoms with Gasteiger partial charge in [-0.3, -0.25) is 4.79 Å². The average molecular weight is 477 g/mol. The minimum atomic E-state index is -4.03. The van der Waals surface area contributed by atoms with Gasteiger partial charge in [0.25, 0.3) is 0 Å². The molecule has 0 spiro atoms. The largest absolute Gasteiger partial charge is 0.480 e. The molecule has 1 fully saturated rings. The number of thiophene rings is 1. The lowest BCUT2D eigenvalue weighted by Gasteiger charge is -2.25. The normalized spacial score (nSPS) is 18.5. The first-order chi connectivity index (χ1) is 13.7. The number of halogens is 2. The molecule has 29 heavy (non-hydrogen) atoms. The van der Waals surface area contributed by atoms with Gasteiger partial charge in [0.2, 0.25) is 15.9 Å². The highest BCUT2D eigenvalue weighted by Crippen LogP contribution is 2.30. The number of carbonyl (C=O) groups is 2. The summed E-state index contributed by atoms with van der Waals surface area (Å²) in [7, 11) is -4.03. The predicted octanol–water partition coefficient (Wildman–Crippen LogP) is 3.02. The number of aliphatic carboxylic acids is 1. The summed E-state index contributed by atoms with van der Waals surface area (Å²) < 4.78 is 27.2. The van der Waals surface area contributed by atoms with Gasteiger partial charge in [0.05, 0.1) is 4.90 Å². The molecule has 11 heteroatoms. The third-order valence-corrected chi connectivity index (χ3v) is 7.77. The zero-order valence-electron chi connectivity index (χ0n) is 15.0. The zero-order valence-corrected chi connectivity index (χ0v) is 18.2. The third-order valence-electron chi connectivity index (χ3n) is 4.55. The van der Waals surface area contributed by atoms with Crippen LogP contribution in [0.4, 0.5) is 0 Å². The first-order valence-electron chi connectivity index (χ1n) is 8.72. The van der Waals surface area contributed by atoms with Gasteiger partial charge in [0.1, 0.15) is 12.1 Å². The van der Waals surface area contributed by atoms with Gasteiger partial charge in [-0.1, -0.05) is 29.3 Å². The molecule has 2 heterocycles. The number of nitrogens with zero attached hydrogens (tertiary/aromatic N) is 1. The van der Waals surface area contributed by atoms with Crippen LogP contribution in [-0.4, -0.2) is 48.3 Å². The molecule has 2 atom stereocenters. The molecule has 2 aromatic rings. The van der Waals surface area contributed by atoms with Gasteiger partial charge in [0, 0.05) is 27.9 Å². The highest BCUT2D eigenvalue weighted by molar-refractivity contribution is 7.89. The van der Waals surface area contributed by atoms with E-state index in [0.29, 0.717) is 12.8 Å². The maximum absolute atomic E-state index is 13.0. The molecule has 1 aromatic heterocycles. The first kappa shape index (κ1) is 22.0. The monoisotopic (exact) mass is 476 g/mol. The Labute approximate surface area is 182 Å². The molecule has 1 aromatic carbocycles. The maximum Gasteiger partial charge on any atom is 0.326 e. The van der Waals surface area contributed by atoms with E-state index in [0.717, 1.165) is 9.18 Å². The smallest absolute Gasteiger partial charge is 0.326 e. The number of nitrogens with one attached hydrogen (secondary N) is 1. The minimum absolute atomic E-state index is 0.108. The molecule has 0 unspecified atom stereocenters. The topological polar surface area (TPSA) is 104 Å². The van der Waals surface area contributed by atoms with E-state index in [-0.39, 0.29) is 27.9 Å².